The second-order valence-corrected chi connectivity index (χ2v) is 8.14. The molecule has 6 heteroatoms. The largest absolute Gasteiger partial charge is 0.378 e. The maximum atomic E-state index is 13.2. The first-order valence-corrected chi connectivity index (χ1v) is 10.6. The second-order valence-electron chi connectivity index (χ2n) is 8.14. The van der Waals surface area contributed by atoms with Crippen LogP contribution in [0.1, 0.15) is 33.1 Å². The van der Waals surface area contributed by atoms with E-state index in [0.29, 0.717) is 25.1 Å². The molecular weight excluding hydrogens is 405 g/mol. The Morgan fingerprint density at radius 3 is 2.31 bits per heavy atom. The molecule has 0 aromatic heterocycles. The third kappa shape index (κ3) is 4.49. The number of halogens is 1. The van der Waals surface area contributed by atoms with Gasteiger partial charge in [0, 0.05) is 38.4 Å². The summed E-state index contributed by atoms with van der Waals surface area (Å²) in [5.74, 6) is -0.661. The summed E-state index contributed by atoms with van der Waals surface area (Å²) in [6.07, 6.45) is 0.537. The Balaban J connectivity index is 1.49. The van der Waals surface area contributed by atoms with Crippen LogP contribution < -0.4 is 10.2 Å². The molecule has 0 bridgehead atoms. The van der Waals surface area contributed by atoms with Gasteiger partial charge in [0.15, 0.2) is 0 Å². The van der Waals surface area contributed by atoms with Gasteiger partial charge in [-0.2, -0.15) is 0 Å². The monoisotopic (exact) mass is 431 g/mol. The molecule has 164 valence electrons. The maximum Gasteiger partial charge on any atom is 0.255 e. The molecule has 5 nitrogen and oxygen atoms in total. The van der Waals surface area contributed by atoms with E-state index >= 15 is 0 Å². The van der Waals surface area contributed by atoms with Gasteiger partial charge in [-0.05, 0) is 53.4 Å². The first-order valence-electron chi connectivity index (χ1n) is 10.6. The van der Waals surface area contributed by atoms with Crippen molar-refractivity contribution in [1.29, 1.82) is 0 Å². The van der Waals surface area contributed by atoms with Crippen LogP contribution in [0.5, 0.6) is 0 Å². The van der Waals surface area contributed by atoms with Crippen molar-refractivity contribution in [2.45, 2.75) is 19.0 Å². The minimum absolute atomic E-state index is 0.154. The molecule has 1 unspecified atom stereocenters. The lowest BCUT2D eigenvalue weighted by molar-refractivity contribution is -0.125. The molecule has 1 heterocycles. The zero-order valence-electron chi connectivity index (χ0n) is 18.2. The summed E-state index contributed by atoms with van der Waals surface area (Å²) in [6, 6.07) is 20.8. The molecule has 0 spiro atoms. The number of anilines is 1. The minimum Gasteiger partial charge on any atom is -0.378 e. The van der Waals surface area contributed by atoms with Gasteiger partial charge in [0.05, 0.1) is 0 Å². The van der Waals surface area contributed by atoms with Crippen LogP contribution in [0.15, 0.2) is 72.8 Å². The molecule has 0 aliphatic carbocycles. The second kappa shape index (κ2) is 9.22. The first-order chi connectivity index (χ1) is 15.4. The standard InChI is InChI=1S/C26H26FN3O2/c1-29(2)21-13-9-19(10-14-21)17-28-25(31)24-22-5-3-4-6-23(22)26(32)30(24)16-15-18-7-11-20(27)12-8-18/h3-14,24H,15-17H2,1-2H3,(H,28,31). The summed E-state index contributed by atoms with van der Waals surface area (Å²) in [6.45, 7) is 0.750. The number of rotatable bonds is 7. The fourth-order valence-electron chi connectivity index (χ4n) is 3.98. The molecular formula is C26H26FN3O2. The highest BCUT2D eigenvalue weighted by Gasteiger charge is 2.40. The van der Waals surface area contributed by atoms with Gasteiger partial charge in [-0.15, -0.1) is 0 Å². The van der Waals surface area contributed by atoms with Crippen LogP contribution >= 0.6 is 0 Å². The Morgan fingerprint density at radius 1 is 0.969 bits per heavy atom. The number of carbonyl (C=O) groups is 2. The number of nitrogens with zero attached hydrogens (tertiary/aromatic N) is 2. The van der Waals surface area contributed by atoms with Crippen molar-refractivity contribution in [1.82, 2.24) is 10.2 Å². The van der Waals surface area contributed by atoms with Gasteiger partial charge in [0.2, 0.25) is 5.91 Å². The van der Waals surface area contributed by atoms with Gasteiger partial charge in [0.25, 0.3) is 5.91 Å². The lowest BCUT2D eigenvalue weighted by Gasteiger charge is -2.25. The Morgan fingerprint density at radius 2 is 1.62 bits per heavy atom. The zero-order valence-corrected chi connectivity index (χ0v) is 18.2. The lowest BCUT2D eigenvalue weighted by Crippen LogP contribution is -2.39. The summed E-state index contributed by atoms with van der Waals surface area (Å²) in [5, 5.41) is 2.99. The molecule has 1 atom stereocenters. The molecule has 3 aromatic rings. The van der Waals surface area contributed by atoms with E-state index in [0.717, 1.165) is 22.4 Å². The topological polar surface area (TPSA) is 52.7 Å². The average Bonchev–Trinajstić information content (AvgIpc) is 3.09. The normalized spacial score (nSPS) is 14.9. The smallest absolute Gasteiger partial charge is 0.255 e. The van der Waals surface area contributed by atoms with Gasteiger partial charge >= 0.3 is 0 Å². The summed E-state index contributed by atoms with van der Waals surface area (Å²) in [5.41, 5.74) is 4.26. The van der Waals surface area contributed by atoms with Crippen LogP contribution in [-0.2, 0) is 17.8 Å². The molecule has 0 saturated carbocycles. The van der Waals surface area contributed by atoms with E-state index in [-0.39, 0.29) is 17.6 Å². The summed E-state index contributed by atoms with van der Waals surface area (Å²) < 4.78 is 13.2. The van der Waals surface area contributed by atoms with Gasteiger partial charge in [-0.3, -0.25) is 9.59 Å². The van der Waals surface area contributed by atoms with Crippen molar-refractivity contribution in [3.05, 3.63) is 101 Å². The number of fused-ring (bicyclic) bond motifs is 1. The predicted molar refractivity (Wildman–Crippen MR) is 123 cm³/mol. The number of amides is 2. The summed E-state index contributed by atoms with van der Waals surface area (Å²) in [7, 11) is 3.96. The molecule has 1 N–H and O–H groups in total. The highest BCUT2D eigenvalue weighted by molar-refractivity contribution is 6.04. The van der Waals surface area contributed by atoms with E-state index in [9.17, 15) is 14.0 Å². The Kier molecular flexibility index (Phi) is 6.21. The summed E-state index contributed by atoms with van der Waals surface area (Å²) in [4.78, 5) is 29.9. The quantitative estimate of drug-likeness (QED) is 0.616. The molecule has 0 saturated heterocycles. The average molecular weight is 432 g/mol. The van der Waals surface area contributed by atoms with Crippen LogP contribution in [0, 0.1) is 5.82 Å². The van der Waals surface area contributed by atoms with Crippen molar-refractivity contribution in [3.8, 4) is 0 Å². The molecule has 32 heavy (non-hydrogen) atoms. The van der Waals surface area contributed by atoms with Gasteiger partial charge in [0.1, 0.15) is 11.9 Å². The first kappa shape index (κ1) is 21.6. The fourth-order valence-corrected chi connectivity index (χ4v) is 3.98. The number of benzene rings is 3. The van der Waals surface area contributed by atoms with Gasteiger partial charge < -0.3 is 15.1 Å². The molecule has 0 fully saturated rings. The number of hydrogen-bond acceptors (Lipinski definition) is 3. The van der Waals surface area contributed by atoms with Gasteiger partial charge in [-0.25, -0.2) is 4.39 Å². The fraction of sp³-hybridized carbons (Fsp3) is 0.231. The third-order valence-corrected chi connectivity index (χ3v) is 5.78. The van der Waals surface area contributed by atoms with Crippen molar-refractivity contribution in [2.75, 3.05) is 25.5 Å². The number of nitrogens with one attached hydrogen (secondary N) is 1. The Hall–Kier alpha value is -3.67. The van der Waals surface area contributed by atoms with Gasteiger partial charge in [-0.1, -0.05) is 42.5 Å². The van der Waals surface area contributed by atoms with E-state index in [4.69, 9.17) is 0 Å². The third-order valence-electron chi connectivity index (χ3n) is 5.78. The van der Waals surface area contributed by atoms with Crippen LogP contribution in [-0.4, -0.2) is 37.4 Å². The van der Waals surface area contributed by atoms with E-state index in [2.05, 4.69) is 5.32 Å². The van der Waals surface area contributed by atoms with E-state index < -0.39 is 6.04 Å². The molecule has 4 rings (SSSR count). The zero-order chi connectivity index (χ0) is 22.7. The number of carbonyl (C=O) groups excluding carboxylic acids is 2. The van der Waals surface area contributed by atoms with E-state index in [1.807, 2.05) is 61.5 Å². The lowest BCUT2D eigenvalue weighted by atomic mass is 10.0. The van der Waals surface area contributed by atoms with E-state index in [1.165, 1.54) is 12.1 Å². The minimum atomic E-state index is -0.680. The molecule has 1 aliphatic heterocycles. The van der Waals surface area contributed by atoms with Crippen LogP contribution in [0.4, 0.5) is 10.1 Å². The maximum absolute atomic E-state index is 13.2. The molecule has 0 radical (unpaired) electrons. The molecule has 1 aliphatic rings. The summed E-state index contributed by atoms with van der Waals surface area (Å²) >= 11 is 0. The van der Waals surface area contributed by atoms with Crippen molar-refractivity contribution >= 4 is 17.5 Å². The van der Waals surface area contributed by atoms with Crippen molar-refractivity contribution < 1.29 is 14.0 Å². The van der Waals surface area contributed by atoms with Crippen molar-refractivity contribution in [2.24, 2.45) is 0 Å². The van der Waals surface area contributed by atoms with Crippen molar-refractivity contribution in [3.63, 3.8) is 0 Å². The van der Waals surface area contributed by atoms with Crippen LogP contribution in [0.25, 0.3) is 0 Å². The number of hydrogen-bond donors (Lipinski definition) is 1. The molecule has 2 amide bonds. The highest BCUT2D eigenvalue weighted by Crippen LogP contribution is 2.34. The highest BCUT2D eigenvalue weighted by atomic mass is 19.1. The van der Waals surface area contributed by atoms with Crippen LogP contribution in [0.2, 0.25) is 0 Å². The predicted octanol–water partition coefficient (Wildman–Crippen LogP) is 3.95. The Labute approximate surface area is 187 Å². The van der Waals surface area contributed by atoms with Crippen LogP contribution in [0.3, 0.4) is 0 Å². The SMILES string of the molecule is CN(C)c1ccc(CNC(=O)C2c3ccccc3C(=O)N2CCc2ccc(F)cc2)cc1. The molecule has 3 aromatic carbocycles. The van der Waals surface area contributed by atoms with E-state index in [1.54, 1.807) is 23.1 Å². The Bertz CT molecular complexity index is 1110.